The molecule has 17 nitrogen and oxygen atoms in total. The van der Waals surface area contributed by atoms with E-state index in [0.29, 0.717) is 57.1 Å². The van der Waals surface area contributed by atoms with E-state index < -0.39 is 17.4 Å². The lowest BCUT2D eigenvalue weighted by molar-refractivity contribution is -0.142. The summed E-state index contributed by atoms with van der Waals surface area (Å²) >= 11 is 0. The highest BCUT2D eigenvalue weighted by molar-refractivity contribution is 5.98. The summed E-state index contributed by atoms with van der Waals surface area (Å²) in [6.45, 7) is 2.53. The van der Waals surface area contributed by atoms with Gasteiger partial charge in [0.05, 0.1) is 57.4 Å². The highest BCUT2D eigenvalue weighted by atomic mass is 16.5. The number of aromatic nitrogens is 4. The van der Waals surface area contributed by atoms with Gasteiger partial charge in [0.1, 0.15) is 0 Å². The van der Waals surface area contributed by atoms with E-state index >= 15 is 0 Å². The Morgan fingerprint density at radius 3 is 2.41 bits per heavy atom. The van der Waals surface area contributed by atoms with Gasteiger partial charge in [-0.1, -0.05) is 29.4 Å². The highest BCUT2D eigenvalue weighted by Gasteiger charge is 2.23. The number of hydrogen-bond acceptors (Lipinski definition) is 12. The summed E-state index contributed by atoms with van der Waals surface area (Å²) in [5.41, 5.74) is 15.4. The number of fused-ring (bicyclic) bond motifs is 1. The number of azide groups is 1. The zero-order valence-electron chi connectivity index (χ0n) is 25.2. The van der Waals surface area contributed by atoms with Crippen LogP contribution < -0.4 is 16.6 Å². The first-order chi connectivity index (χ1) is 22.3. The number of aryl methyl sites for hydroxylation is 2. The molecule has 17 heteroatoms. The fourth-order valence-corrected chi connectivity index (χ4v) is 4.22. The molecule has 1 unspecified atom stereocenters. The molecule has 1 amide bonds. The van der Waals surface area contributed by atoms with Crippen LogP contribution >= 0.6 is 0 Å². The first kappa shape index (κ1) is 35.5. The Labute approximate surface area is 263 Å². The first-order valence-corrected chi connectivity index (χ1v) is 14.6. The summed E-state index contributed by atoms with van der Waals surface area (Å²) in [4.78, 5) is 66.3. The summed E-state index contributed by atoms with van der Waals surface area (Å²) in [5, 5.41) is 15.6. The molecule has 0 bridgehead atoms. The molecule has 5 N–H and O–H groups in total. The summed E-state index contributed by atoms with van der Waals surface area (Å²) in [7, 11) is 0. The average molecular weight is 640 g/mol. The molecule has 2 heterocycles. The van der Waals surface area contributed by atoms with Gasteiger partial charge in [-0.3, -0.25) is 24.2 Å². The summed E-state index contributed by atoms with van der Waals surface area (Å²) < 4.78 is 15.9. The van der Waals surface area contributed by atoms with Crippen molar-refractivity contribution in [2.24, 2.45) is 11.0 Å². The van der Waals surface area contributed by atoms with E-state index in [4.69, 9.17) is 25.5 Å². The zero-order chi connectivity index (χ0) is 33.1. The minimum atomic E-state index is -1.14. The number of nitrogens with zero attached hydrogens (tertiary/aromatic N) is 6. The van der Waals surface area contributed by atoms with Gasteiger partial charge >= 0.3 is 5.97 Å². The number of ketones is 1. The molecule has 0 saturated carbocycles. The second-order valence-corrected chi connectivity index (χ2v) is 10.0. The lowest BCUT2D eigenvalue weighted by Crippen LogP contribution is -2.29. The molecule has 0 aliphatic rings. The topological polar surface area (TPSA) is 257 Å². The zero-order valence-corrected chi connectivity index (χ0v) is 25.2. The molecule has 0 spiro atoms. The third kappa shape index (κ3) is 12.6. The molecule has 1 atom stereocenters. The van der Waals surface area contributed by atoms with Gasteiger partial charge in [-0.15, -0.1) is 0 Å². The maximum Gasteiger partial charge on any atom is 0.306 e. The number of ether oxygens (including phenoxy) is 3. The van der Waals surface area contributed by atoms with Crippen LogP contribution in [-0.2, 0) is 36.6 Å². The van der Waals surface area contributed by atoms with Gasteiger partial charge in [-0.25, -0.2) is 9.97 Å². The summed E-state index contributed by atoms with van der Waals surface area (Å²) in [6, 6.07) is 6.83. The molecular formula is C29H37N9O8. The maximum atomic E-state index is 12.8. The van der Waals surface area contributed by atoms with Crippen molar-refractivity contribution >= 4 is 34.8 Å². The number of anilines is 1. The van der Waals surface area contributed by atoms with Gasteiger partial charge in [0.25, 0.3) is 5.56 Å². The first-order valence-electron chi connectivity index (χ1n) is 14.6. The number of nitrogens with one attached hydrogen (secondary N) is 2. The molecule has 0 aliphatic heterocycles. The Morgan fingerprint density at radius 1 is 1.02 bits per heavy atom. The number of carboxylic acids is 1. The number of carbonyl (C=O) groups excluding carboxylic acids is 2. The predicted molar refractivity (Wildman–Crippen MR) is 165 cm³/mol. The van der Waals surface area contributed by atoms with Crippen molar-refractivity contribution in [1.29, 1.82) is 0 Å². The lowest BCUT2D eigenvalue weighted by atomic mass is 9.93. The minimum Gasteiger partial charge on any atom is -0.481 e. The number of Topliss-reactive ketones (excluding diaryl/α,β-unsaturated/α-hetero) is 1. The molecule has 0 aliphatic carbocycles. The fraction of sp³-hybridized carbons (Fsp3) is 0.483. The number of benzene rings is 1. The van der Waals surface area contributed by atoms with E-state index in [-0.39, 0.29) is 67.8 Å². The largest absolute Gasteiger partial charge is 0.481 e. The van der Waals surface area contributed by atoms with Gasteiger partial charge in [-0.05, 0) is 30.4 Å². The molecule has 2 aromatic heterocycles. The van der Waals surface area contributed by atoms with Gasteiger partial charge in [0, 0.05) is 36.4 Å². The van der Waals surface area contributed by atoms with E-state index in [9.17, 15) is 24.3 Å². The number of carbonyl (C=O) groups is 3. The maximum absolute atomic E-state index is 12.8. The summed E-state index contributed by atoms with van der Waals surface area (Å²) in [5.74, 6) is -2.85. The number of aliphatic carboxylic acids is 1. The molecule has 246 valence electrons. The Balaban J connectivity index is 1.32. The molecular weight excluding hydrogens is 602 g/mol. The molecule has 3 rings (SSSR count). The van der Waals surface area contributed by atoms with Crippen LogP contribution in [0.3, 0.4) is 0 Å². The number of rotatable bonds is 22. The number of amides is 1. The molecule has 46 heavy (non-hydrogen) atoms. The normalized spacial score (nSPS) is 11.6. The van der Waals surface area contributed by atoms with Crippen LogP contribution in [0.1, 0.15) is 40.9 Å². The van der Waals surface area contributed by atoms with E-state index in [1.165, 1.54) is 6.20 Å². The second kappa shape index (κ2) is 19.4. The van der Waals surface area contributed by atoms with Gasteiger partial charge < -0.3 is 30.4 Å². The Kier molecular flexibility index (Phi) is 15.0. The van der Waals surface area contributed by atoms with Crippen LogP contribution in [0.15, 0.2) is 40.4 Å². The Morgan fingerprint density at radius 2 is 1.72 bits per heavy atom. The Bertz CT molecular complexity index is 1560. The third-order valence-corrected chi connectivity index (χ3v) is 6.64. The second-order valence-electron chi connectivity index (χ2n) is 10.0. The van der Waals surface area contributed by atoms with Crippen LogP contribution in [0.25, 0.3) is 21.6 Å². The Hall–Kier alpha value is -4.96. The number of aromatic amines is 1. The average Bonchev–Trinajstić information content (AvgIpc) is 3.04. The summed E-state index contributed by atoms with van der Waals surface area (Å²) in [6.07, 6.45) is 2.33. The molecule has 3 aromatic rings. The van der Waals surface area contributed by atoms with Crippen molar-refractivity contribution in [3.05, 3.63) is 68.1 Å². The van der Waals surface area contributed by atoms with Crippen molar-refractivity contribution < 1.29 is 33.7 Å². The molecule has 0 saturated heterocycles. The molecule has 1 aromatic carbocycles. The predicted octanol–water partition coefficient (Wildman–Crippen LogP) is 1.61. The van der Waals surface area contributed by atoms with Crippen molar-refractivity contribution in [1.82, 2.24) is 25.3 Å². The number of nitrogens with two attached hydrogens (primary N) is 1. The van der Waals surface area contributed by atoms with Crippen LogP contribution in [0.2, 0.25) is 0 Å². The third-order valence-electron chi connectivity index (χ3n) is 6.64. The van der Waals surface area contributed by atoms with Gasteiger partial charge in [-0.2, -0.15) is 4.98 Å². The number of hydrogen-bond donors (Lipinski definition) is 4. The highest BCUT2D eigenvalue weighted by Crippen LogP contribution is 2.17. The van der Waals surface area contributed by atoms with E-state index in [0.717, 1.165) is 5.56 Å². The number of carboxylic acid groups (broad SMARTS) is 1. The van der Waals surface area contributed by atoms with Crippen LogP contribution in [-0.4, -0.2) is 95.4 Å². The van der Waals surface area contributed by atoms with Crippen LogP contribution in [0.4, 0.5) is 5.95 Å². The van der Waals surface area contributed by atoms with Crippen molar-refractivity contribution in [3.8, 4) is 0 Å². The smallest absolute Gasteiger partial charge is 0.306 e. The fourth-order valence-electron chi connectivity index (χ4n) is 4.22. The minimum absolute atomic E-state index is 0.0162. The van der Waals surface area contributed by atoms with Crippen LogP contribution in [0, 0.1) is 5.92 Å². The van der Waals surface area contributed by atoms with Gasteiger partial charge in [0.15, 0.2) is 16.9 Å². The van der Waals surface area contributed by atoms with Crippen molar-refractivity contribution in [3.63, 3.8) is 0 Å². The van der Waals surface area contributed by atoms with E-state index in [1.54, 1.807) is 24.3 Å². The van der Waals surface area contributed by atoms with E-state index in [1.807, 2.05) is 0 Å². The van der Waals surface area contributed by atoms with Crippen molar-refractivity contribution in [2.75, 3.05) is 58.5 Å². The number of nitrogen functional groups attached to an aromatic ring is 1. The molecule has 0 fully saturated rings. The number of H-pyrrole nitrogens is 1. The monoisotopic (exact) mass is 639 g/mol. The standard InChI is InChI=1S/C29H37N9O8/c30-29-36-26-25(27(41)37-29)35-22(18-33-26)7-3-19-1-4-20(5-2-19)23(39)17-21(28(42)43)6-8-24(40)32-9-11-44-13-15-46-16-14-45-12-10-34-38-31/h1-2,4-5,18,21H,3,6-17H2,(H,32,40)(H,42,43)(H3,30,33,36,37,41). The van der Waals surface area contributed by atoms with Crippen LogP contribution in [0.5, 0.6) is 0 Å². The van der Waals surface area contributed by atoms with Gasteiger partial charge in [0.2, 0.25) is 11.9 Å². The van der Waals surface area contributed by atoms with E-state index in [2.05, 4.69) is 35.3 Å². The SMILES string of the molecule is [N-]=[N+]=NCCOCCOCCOCCNC(=O)CCC(CC(=O)c1ccc(CCc2cnc3nc(N)[nH]c(=O)c3n2)cc1)C(=O)O. The quantitative estimate of drug-likeness (QED) is 0.0402. The van der Waals surface area contributed by atoms with Crippen molar-refractivity contribution in [2.45, 2.75) is 32.1 Å². The molecule has 0 radical (unpaired) electrons. The lowest BCUT2D eigenvalue weighted by Gasteiger charge is -2.12.